The zero-order chi connectivity index (χ0) is 13.1. The Balaban J connectivity index is 2.29. The third-order valence-electron chi connectivity index (χ3n) is 2.87. The molecule has 1 aromatic carbocycles. The van der Waals surface area contributed by atoms with E-state index in [4.69, 9.17) is 15.1 Å². The summed E-state index contributed by atoms with van der Waals surface area (Å²) in [7, 11) is 0. The normalized spacial score (nSPS) is 19.7. The second kappa shape index (κ2) is 5.29. The fraction of sp³-hybridized carbons (Fsp3) is 0.417. The fourth-order valence-corrected chi connectivity index (χ4v) is 1.92. The molecule has 1 fully saturated rings. The average molecular weight is 254 g/mol. The highest BCUT2D eigenvalue weighted by molar-refractivity contribution is 5.52. The van der Waals surface area contributed by atoms with Crippen molar-refractivity contribution in [3.05, 3.63) is 29.3 Å². The lowest BCUT2D eigenvalue weighted by Gasteiger charge is -2.33. The van der Waals surface area contributed by atoms with Crippen LogP contribution in [0.1, 0.15) is 5.56 Å². The third-order valence-corrected chi connectivity index (χ3v) is 2.87. The lowest BCUT2D eigenvalue weighted by Crippen LogP contribution is -2.44. The first-order chi connectivity index (χ1) is 8.67. The van der Waals surface area contributed by atoms with E-state index in [1.54, 1.807) is 11.0 Å². The molecular weight excluding hydrogens is 242 g/mol. The summed E-state index contributed by atoms with van der Waals surface area (Å²) in [5.41, 5.74) is -0.225. The van der Waals surface area contributed by atoms with Gasteiger partial charge in [-0.05, 0) is 12.1 Å². The molecule has 1 heterocycles. The van der Waals surface area contributed by atoms with Crippen molar-refractivity contribution in [3.63, 3.8) is 0 Å². The molecule has 1 unspecified atom stereocenters. The monoisotopic (exact) mass is 254 g/mol. The standard InChI is InChI=1S/C12H12F2N2O2/c13-11-8(5-15)1-2-10(12(11)14)16-3-4-18-9(6-16)7-17/h1-2,9,17H,3-4,6-7H2. The zero-order valence-electron chi connectivity index (χ0n) is 9.57. The first-order valence-electron chi connectivity index (χ1n) is 5.53. The number of benzene rings is 1. The Labute approximate surface area is 103 Å². The van der Waals surface area contributed by atoms with E-state index in [1.165, 1.54) is 12.1 Å². The lowest BCUT2D eigenvalue weighted by atomic mass is 10.1. The summed E-state index contributed by atoms with van der Waals surface area (Å²) < 4.78 is 32.5. The molecule has 6 heteroatoms. The van der Waals surface area contributed by atoms with Crippen molar-refractivity contribution in [2.45, 2.75) is 6.10 Å². The molecule has 0 aromatic heterocycles. The molecule has 1 aliphatic heterocycles. The van der Waals surface area contributed by atoms with Crippen molar-refractivity contribution in [1.29, 1.82) is 5.26 Å². The number of anilines is 1. The highest BCUT2D eigenvalue weighted by atomic mass is 19.2. The molecule has 18 heavy (non-hydrogen) atoms. The van der Waals surface area contributed by atoms with Crippen LogP contribution in [0.15, 0.2) is 12.1 Å². The first kappa shape index (κ1) is 12.7. The number of halogens is 2. The van der Waals surface area contributed by atoms with Crippen LogP contribution in [-0.2, 0) is 4.74 Å². The SMILES string of the molecule is N#Cc1ccc(N2CCOC(CO)C2)c(F)c1F. The predicted molar refractivity (Wildman–Crippen MR) is 60.1 cm³/mol. The van der Waals surface area contributed by atoms with Crippen molar-refractivity contribution in [2.75, 3.05) is 31.2 Å². The fourth-order valence-electron chi connectivity index (χ4n) is 1.92. The molecule has 4 nitrogen and oxygen atoms in total. The molecule has 0 bridgehead atoms. The van der Waals surface area contributed by atoms with Crippen molar-refractivity contribution < 1.29 is 18.6 Å². The van der Waals surface area contributed by atoms with Gasteiger partial charge in [-0.3, -0.25) is 0 Å². The Morgan fingerprint density at radius 3 is 2.89 bits per heavy atom. The van der Waals surface area contributed by atoms with E-state index in [0.717, 1.165) is 0 Å². The second-order valence-electron chi connectivity index (χ2n) is 3.99. The average Bonchev–Trinajstić information content (AvgIpc) is 2.42. The Morgan fingerprint density at radius 2 is 2.22 bits per heavy atom. The Kier molecular flexibility index (Phi) is 3.75. The zero-order valence-corrected chi connectivity index (χ0v) is 9.57. The largest absolute Gasteiger partial charge is 0.394 e. The summed E-state index contributed by atoms with van der Waals surface area (Å²) in [5.74, 6) is -2.17. The topological polar surface area (TPSA) is 56.5 Å². The second-order valence-corrected chi connectivity index (χ2v) is 3.99. The number of hydrogen-bond acceptors (Lipinski definition) is 4. The van der Waals surface area contributed by atoms with Gasteiger partial charge in [0.15, 0.2) is 11.6 Å². The van der Waals surface area contributed by atoms with E-state index in [9.17, 15) is 8.78 Å². The Morgan fingerprint density at radius 1 is 1.44 bits per heavy atom. The van der Waals surface area contributed by atoms with Gasteiger partial charge in [0.1, 0.15) is 6.07 Å². The third kappa shape index (κ3) is 2.28. The van der Waals surface area contributed by atoms with Crippen molar-refractivity contribution in [3.8, 4) is 6.07 Å². The maximum Gasteiger partial charge on any atom is 0.183 e. The van der Waals surface area contributed by atoms with Crippen molar-refractivity contribution in [1.82, 2.24) is 0 Å². The number of hydrogen-bond donors (Lipinski definition) is 1. The number of nitriles is 1. The molecule has 2 rings (SSSR count). The maximum absolute atomic E-state index is 13.8. The van der Waals surface area contributed by atoms with Crippen LogP contribution in [0.5, 0.6) is 0 Å². The van der Waals surface area contributed by atoms with E-state index in [-0.39, 0.29) is 17.9 Å². The minimum Gasteiger partial charge on any atom is -0.394 e. The highest BCUT2D eigenvalue weighted by Gasteiger charge is 2.24. The summed E-state index contributed by atoms with van der Waals surface area (Å²) in [4.78, 5) is 1.60. The first-order valence-corrected chi connectivity index (χ1v) is 5.53. The summed E-state index contributed by atoms with van der Waals surface area (Å²) in [6, 6.07) is 4.21. The van der Waals surface area contributed by atoms with Crippen LogP contribution in [0.2, 0.25) is 0 Å². The van der Waals surface area contributed by atoms with Gasteiger partial charge in [-0.15, -0.1) is 0 Å². The van der Waals surface area contributed by atoms with Crippen LogP contribution in [-0.4, -0.2) is 37.5 Å². The number of aliphatic hydroxyl groups is 1. The number of morpholine rings is 1. The van der Waals surface area contributed by atoms with Crippen LogP contribution in [0.25, 0.3) is 0 Å². The van der Waals surface area contributed by atoms with Crippen LogP contribution < -0.4 is 4.90 Å². The van der Waals surface area contributed by atoms with E-state index >= 15 is 0 Å². The summed E-state index contributed by atoms with van der Waals surface area (Å²) in [5, 5.41) is 17.6. The smallest absolute Gasteiger partial charge is 0.183 e. The maximum atomic E-state index is 13.8. The van der Waals surface area contributed by atoms with Crippen LogP contribution >= 0.6 is 0 Å². The lowest BCUT2D eigenvalue weighted by molar-refractivity contribution is 0.00338. The summed E-state index contributed by atoms with van der Waals surface area (Å²) in [6.07, 6.45) is -0.406. The van der Waals surface area contributed by atoms with Gasteiger partial charge >= 0.3 is 0 Å². The van der Waals surface area contributed by atoms with Gasteiger partial charge in [0.2, 0.25) is 0 Å². The van der Waals surface area contributed by atoms with Crippen molar-refractivity contribution >= 4 is 5.69 Å². The van der Waals surface area contributed by atoms with Gasteiger partial charge in [-0.1, -0.05) is 0 Å². The molecule has 1 aliphatic rings. The quantitative estimate of drug-likeness (QED) is 0.856. The molecule has 0 aliphatic carbocycles. The van der Waals surface area contributed by atoms with E-state index in [0.29, 0.717) is 19.7 Å². The molecule has 0 amide bonds. The summed E-state index contributed by atoms with van der Waals surface area (Å²) in [6.45, 7) is 0.876. The molecule has 1 saturated heterocycles. The minimum absolute atomic E-state index is 0.0910. The predicted octanol–water partition coefficient (Wildman–Crippen LogP) is 1.03. The van der Waals surface area contributed by atoms with E-state index in [1.807, 2.05) is 0 Å². The molecule has 0 saturated carbocycles. The molecule has 1 aromatic rings. The number of nitrogens with zero attached hydrogens (tertiary/aromatic N) is 2. The van der Waals surface area contributed by atoms with Gasteiger partial charge in [0, 0.05) is 13.1 Å². The van der Waals surface area contributed by atoms with Gasteiger partial charge in [-0.25, -0.2) is 8.78 Å². The van der Waals surface area contributed by atoms with Crippen LogP contribution in [0.3, 0.4) is 0 Å². The molecule has 96 valence electrons. The number of ether oxygens (including phenoxy) is 1. The van der Waals surface area contributed by atoms with Crippen LogP contribution in [0.4, 0.5) is 14.5 Å². The van der Waals surface area contributed by atoms with Gasteiger partial charge < -0.3 is 14.7 Å². The minimum atomic E-state index is -1.14. The van der Waals surface area contributed by atoms with Crippen LogP contribution in [0, 0.1) is 23.0 Å². The number of rotatable bonds is 2. The molecular formula is C12H12F2N2O2. The van der Waals surface area contributed by atoms with Gasteiger partial charge in [0.25, 0.3) is 0 Å². The van der Waals surface area contributed by atoms with Gasteiger partial charge in [-0.2, -0.15) is 5.26 Å². The Bertz CT molecular complexity index is 488. The van der Waals surface area contributed by atoms with E-state index < -0.39 is 17.7 Å². The molecule has 0 spiro atoms. The Hall–Kier alpha value is -1.71. The van der Waals surface area contributed by atoms with E-state index in [2.05, 4.69) is 0 Å². The number of aliphatic hydroxyl groups excluding tert-OH is 1. The molecule has 1 N–H and O–H groups in total. The molecule has 1 atom stereocenters. The highest BCUT2D eigenvalue weighted by Crippen LogP contribution is 2.25. The van der Waals surface area contributed by atoms with Crippen molar-refractivity contribution in [2.24, 2.45) is 0 Å². The molecule has 0 radical (unpaired) electrons. The summed E-state index contributed by atoms with van der Waals surface area (Å²) >= 11 is 0. The van der Waals surface area contributed by atoms with Gasteiger partial charge in [0.05, 0.1) is 30.6 Å².